The van der Waals surface area contributed by atoms with Crippen LogP contribution in [0.5, 0.6) is 5.75 Å². The quantitative estimate of drug-likeness (QED) is 0.877. The third-order valence-corrected chi connectivity index (χ3v) is 3.03. The van der Waals surface area contributed by atoms with Gasteiger partial charge in [-0.1, -0.05) is 13.8 Å². The largest absolute Gasteiger partial charge is 0.484 e. The summed E-state index contributed by atoms with van der Waals surface area (Å²) in [5.41, 5.74) is 1.93. The van der Waals surface area contributed by atoms with Crippen LogP contribution in [-0.4, -0.2) is 20.6 Å². The van der Waals surface area contributed by atoms with E-state index in [1.54, 1.807) is 6.20 Å². The molecule has 0 fully saturated rings. The molecule has 0 aliphatic rings. The van der Waals surface area contributed by atoms with E-state index in [4.69, 9.17) is 4.74 Å². The lowest BCUT2D eigenvalue weighted by Gasteiger charge is -2.13. The molecule has 0 unspecified atom stereocenters. The number of rotatable bonds is 6. The van der Waals surface area contributed by atoms with Crippen molar-refractivity contribution in [2.75, 3.05) is 0 Å². The van der Waals surface area contributed by atoms with E-state index in [0.717, 1.165) is 23.0 Å². The highest BCUT2D eigenvalue weighted by atomic mass is 16.5. The summed E-state index contributed by atoms with van der Waals surface area (Å²) in [7, 11) is 1.96. The fourth-order valence-electron chi connectivity index (χ4n) is 1.83. The maximum Gasteiger partial charge on any atom is 0.146 e. The minimum atomic E-state index is 0.416. The Kier molecular flexibility index (Phi) is 4.74. The summed E-state index contributed by atoms with van der Waals surface area (Å²) in [4.78, 5) is 8.81. The first-order chi connectivity index (χ1) is 9.56. The Morgan fingerprint density at radius 2 is 2.15 bits per heavy atom. The number of nitrogens with one attached hydrogen (secondary N) is 1. The molecule has 20 heavy (non-hydrogen) atoms. The molecule has 2 heterocycles. The van der Waals surface area contributed by atoms with E-state index in [1.165, 1.54) is 0 Å². The van der Waals surface area contributed by atoms with Crippen LogP contribution < -0.4 is 10.1 Å². The number of imidazole rings is 1. The zero-order valence-corrected chi connectivity index (χ0v) is 12.6. The molecule has 0 aromatic carbocycles. The first kappa shape index (κ1) is 14.5. The van der Waals surface area contributed by atoms with Crippen molar-refractivity contribution in [2.24, 2.45) is 7.05 Å². The van der Waals surface area contributed by atoms with Crippen molar-refractivity contribution in [2.45, 2.75) is 40.0 Å². The molecule has 0 amide bonds. The number of hydrogen-bond acceptors (Lipinski definition) is 4. The van der Waals surface area contributed by atoms with E-state index in [0.29, 0.717) is 19.2 Å². The average Bonchev–Trinajstić information content (AvgIpc) is 2.81. The van der Waals surface area contributed by atoms with Crippen molar-refractivity contribution >= 4 is 0 Å². The molecular weight excluding hydrogens is 252 g/mol. The lowest BCUT2D eigenvalue weighted by Crippen LogP contribution is -2.23. The van der Waals surface area contributed by atoms with Gasteiger partial charge in [0.1, 0.15) is 18.2 Å². The van der Waals surface area contributed by atoms with Gasteiger partial charge in [0, 0.05) is 37.7 Å². The normalized spacial score (nSPS) is 11.1. The molecule has 0 saturated carbocycles. The molecule has 0 spiro atoms. The van der Waals surface area contributed by atoms with Crippen LogP contribution in [0.2, 0.25) is 0 Å². The van der Waals surface area contributed by atoms with Crippen molar-refractivity contribution in [3.8, 4) is 5.75 Å². The van der Waals surface area contributed by atoms with Crippen molar-refractivity contribution in [1.29, 1.82) is 0 Å². The molecule has 2 aromatic rings. The van der Waals surface area contributed by atoms with Crippen LogP contribution in [0.15, 0.2) is 24.5 Å². The van der Waals surface area contributed by atoms with Gasteiger partial charge in [-0.05, 0) is 19.1 Å². The second kappa shape index (κ2) is 6.52. The van der Waals surface area contributed by atoms with Crippen molar-refractivity contribution < 1.29 is 4.74 Å². The SMILES string of the molecule is Cc1ccc(OCc2nccn2C)c(CNC(C)C)n1. The molecule has 1 N–H and O–H groups in total. The zero-order valence-electron chi connectivity index (χ0n) is 12.6. The maximum absolute atomic E-state index is 5.86. The lowest BCUT2D eigenvalue weighted by atomic mass is 10.2. The third-order valence-electron chi connectivity index (χ3n) is 3.03. The van der Waals surface area contributed by atoms with Crippen LogP contribution in [0.1, 0.15) is 31.1 Å². The maximum atomic E-state index is 5.86. The van der Waals surface area contributed by atoms with Gasteiger partial charge < -0.3 is 14.6 Å². The average molecular weight is 274 g/mol. The first-order valence-electron chi connectivity index (χ1n) is 6.85. The van der Waals surface area contributed by atoms with E-state index in [-0.39, 0.29) is 0 Å². The number of hydrogen-bond donors (Lipinski definition) is 1. The van der Waals surface area contributed by atoms with Crippen molar-refractivity contribution in [3.63, 3.8) is 0 Å². The molecule has 0 aliphatic carbocycles. The van der Waals surface area contributed by atoms with E-state index >= 15 is 0 Å². The van der Waals surface area contributed by atoms with Crippen LogP contribution in [-0.2, 0) is 20.2 Å². The van der Waals surface area contributed by atoms with Gasteiger partial charge in [-0.15, -0.1) is 0 Å². The lowest BCUT2D eigenvalue weighted by molar-refractivity contribution is 0.286. The van der Waals surface area contributed by atoms with Crippen LogP contribution in [0.3, 0.4) is 0 Å². The summed E-state index contributed by atoms with van der Waals surface area (Å²) in [6.45, 7) is 7.37. The first-order valence-corrected chi connectivity index (χ1v) is 6.85. The van der Waals surface area contributed by atoms with Crippen molar-refractivity contribution in [1.82, 2.24) is 19.9 Å². The Labute approximate surface area is 120 Å². The Balaban J connectivity index is 2.08. The highest BCUT2D eigenvalue weighted by Gasteiger charge is 2.08. The predicted molar refractivity (Wildman–Crippen MR) is 78.5 cm³/mol. The fourth-order valence-corrected chi connectivity index (χ4v) is 1.83. The fraction of sp³-hybridized carbons (Fsp3) is 0.467. The van der Waals surface area contributed by atoms with Gasteiger partial charge in [0.05, 0.1) is 5.69 Å². The number of pyridine rings is 1. The van der Waals surface area contributed by atoms with Gasteiger partial charge in [0.15, 0.2) is 0 Å². The standard InChI is InChI=1S/C15H22N4O/c1-11(2)17-9-13-14(6-5-12(3)18-13)20-10-15-16-7-8-19(15)4/h5-8,11,17H,9-10H2,1-4H3. The summed E-state index contributed by atoms with van der Waals surface area (Å²) in [6, 6.07) is 4.36. The summed E-state index contributed by atoms with van der Waals surface area (Å²) in [6.07, 6.45) is 3.68. The number of ether oxygens (including phenoxy) is 1. The van der Waals surface area contributed by atoms with Gasteiger partial charge in [0.25, 0.3) is 0 Å². The minimum absolute atomic E-state index is 0.416. The molecule has 5 nitrogen and oxygen atoms in total. The molecule has 0 atom stereocenters. The van der Waals surface area contributed by atoms with Gasteiger partial charge in [-0.2, -0.15) is 0 Å². The molecular formula is C15H22N4O. The molecule has 2 aromatic heterocycles. The van der Waals surface area contributed by atoms with Gasteiger partial charge in [-0.25, -0.2) is 4.98 Å². The second-order valence-corrected chi connectivity index (χ2v) is 5.18. The van der Waals surface area contributed by atoms with Crippen molar-refractivity contribution in [3.05, 3.63) is 41.7 Å². The monoisotopic (exact) mass is 274 g/mol. The summed E-state index contributed by atoms with van der Waals surface area (Å²) >= 11 is 0. The van der Waals surface area contributed by atoms with Gasteiger partial charge >= 0.3 is 0 Å². The topological polar surface area (TPSA) is 52.0 Å². The predicted octanol–water partition coefficient (Wildman–Crippen LogP) is 2.20. The highest BCUT2D eigenvalue weighted by Crippen LogP contribution is 2.18. The molecule has 0 radical (unpaired) electrons. The molecule has 108 valence electrons. The Morgan fingerprint density at radius 3 is 2.80 bits per heavy atom. The van der Waals surface area contributed by atoms with E-state index < -0.39 is 0 Å². The number of aromatic nitrogens is 3. The Hall–Kier alpha value is -1.88. The van der Waals surface area contributed by atoms with E-state index in [1.807, 2.05) is 36.9 Å². The van der Waals surface area contributed by atoms with Gasteiger partial charge in [0.2, 0.25) is 0 Å². The van der Waals surface area contributed by atoms with Crippen LogP contribution in [0.4, 0.5) is 0 Å². The van der Waals surface area contributed by atoms with E-state index in [9.17, 15) is 0 Å². The second-order valence-electron chi connectivity index (χ2n) is 5.18. The zero-order chi connectivity index (χ0) is 14.5. The summed E-state index contributed by atoms with van der Waals surface area (Å²) in [5, 5.41) is 3.37. The molecule has 0 saturated heterocycles. The van der Waals surface area contributed by atoms with Crippen LogP contribution >= 0.6 is 0 Å². The third kappa shape index (κ3) is 3.81. The number of nitrogens with zero attached hydrogens (tertiary/aromatic N) is 3. The van der Waals surface area contributed by atoms with Gasteiger partial charge in [-0.3, -0.25) is 4.98 Å². The molecule has 0 aliphatic heterocycles. The number of aryl methyl sites for hydroxylation is 2. The summed E-state index contributed by atoms with van der Waals surface area (Å²) in [5.74, 6) is 1.71. The molecule has 0 bridgehead atoms. The van der Waals surface area contributed by atoms with Crippen LogP contribution in [0, 0.1) is 6.92 Å². The molecule has 2 rings (SSSR count). The van der Waals surface area contributed by atoms with E-state index in [2.05, 4.69) is 29.1 Å². The smallest absolute Gasteiger partial charge is 0.146 e. The highest BCUT2D eigenvalue weighted by molar-refractivity contribution is 5.29. The molecule has 5 heteroatoms. The van der Waals surface area contributed by atoms with Crippen LogP contribution in [0.25, 0.3) is 0 Å². The summed E-state index contributed by atoms with van der Waals surface area (Å²) < 4.78 is 7.82. The minimum Gasteiger partial charge on any atom is -0.484 e. The Bertz CT molecular complexity index is 563. The Morgan fingerprint density at radius 1 is 1.35 bits per heavy atom.